The summed E-state index contributed by atoms with van der Waals surface area (Å²) in [4.78, 5) is 11.1. The lowest BCUT2D eigenvalue weighted by atomic mass is 9.84. The zero-order valence-corrected chi connectivity index (χ0v) is 11.4. The maximum atomic E-state index is 11.1. The molecule has 1 heterocycles. The Balaban J connectivity index is 2.02. The fourth-order valence-corrected chi connectivity index (χ4v) is 3.17. The van der Waals surface area contributed by atoms with Gasteiger partial charge in [0.15, 0.2) is 0 Å². The largest absolute Gasteiger partial charge is 0.257 e. The molecule has 0 aromatic heterocycles. The molecule has 1 fully saturated rings. The molecule has 1 saturated heterocycles. The van der Waals surface area contributed by atoms with Crippen LogP contribution in [0, 0.1) is 4.91 Å². The predicted octanol–water partition coefficient (Wildman–Crippen LogP) is 3.96. The van der Waals surface area contributed by atoms with Crippen LogP contribution in [0.4, 0.5) is 0 Å². The van der Waals surface area contributed by atoms with E-state index in [-0.39, 0.29) is 12.0 Å². The van der Waals surface area contributed by atoms with E-state index in [9.17, 15) is 4.91 Å². The first-order valence-electron chi connectivity index (χ1n) is 7.10. The number of benzene rings is 2. The highest BCUT2D eigenvalue weighted by molar-refractivity contribution is 5.34. The lowest BCUT2D eigenvalue weighted by Crippen LogP contribution is -2.30. The van der Waals surface area contributed by atoms with Gasteiger partial charge in [0.25, 0.3) is 0 Å². The van der Waals surface area contributed by atoms with Crippen LogP contribution in [-0.2, 0) is 0 Å². The molecular formula is C17H18N2O. The van der Waals surface area contributed by atoms with E-state index in [0.29, 0.717) is 0 Å². The quantitative estimate of drug-likeness (QED) is 0.784. The predicted molar refractivity (Wildman–Crippen MR) is 80.3 cm³/mol. The van der Waals surface area contributed by atoms with Gasteiger partial charge in [-0.3, -0.25) is 5.01 Å². The zero-order chi connectivity index (χ0) is 13.8. The van der Waals surface area contributed by atoms with Gasteiger partial charge in [-0.2, -0.15) is 0 Å². The molecule has 0 saturated carbocycles. The SMILES string of the molecule is O=NN1CCC[C@H]1C(c1ccccc1)c1ccccc1. The molecular weight excluding hydrogens is 248 g/mol. The third-order valence-electron chi connectivity index (χ3n) is 4.08. The van der Waals surface area contributed by atoms with Crippen molar-refractivity contribution < 1.29 is 0 Å². The van der Waals surface area contributed by atoms with Crippen molar-refractivity contribution in [2.75, 3.05) is 6.54 Å². The van der Waals surface area contributed by atoms with Crippen LogP contribution in [0.2, 0.25) is 0 Å². The molecule has 1 aliphatic rings. The second-order valence-corrected chi connectivity index (χ2v) is 5.25. The molecule has 2 aromatic carbocycles. The summed E-state index contributed by atoms with van der Waals surface area (Å²) < 4.78 is 0. The molecule has 20 heavy (non-hydrogen) atoms. The maximum Gasteiger partial charge on any atom is 0.0612 e. The normalized spacial score (nSPS) is 18.4. The van der Waals surface area contributed by atoms with Crippen LogP contribution in [0.15, 0.2) is 65.9 Å². The van der Waals surface area contributed by atoms with Crippen LogP contribution < -0.4 is 0 Å². The Bertz CT molecular complexity index is 516. The van der Waals surface area contributed by atoms with Crippen molar-refractivity contribution in [2.24, 2.45) is 5.29 Å². The van der Waals surface area contributed by atoms with Crippen molar-refractivity contribution in [1.29, 1.82) is 0 Å². The van der Waals surface area contributed by atoms with Crippen molar-refractivity contribution >= 4 is 0 Å². The minimum atomic E-state index is 0.164. The van der Waals surface area contributed by atoms with E-state index in [1.807, 2.05) is 12.1 Å². The van der Waals surface area contributed by atoms with Gasteiger partial charge in [0.1, 0.15) is 0 Å². The first-order chi connectivity index (χ1) is 9.90. The van der Waals surface area contributed by atoms with Crippen molar-refractivity contribution in [3.63, 3.8) is 0 Å². The monoisotopic (exact) mass is 266 g/mol. The van der Waals surface area contributed by atoms with E-state index < -0.39 is 0 Å². The summed E-state index contributed by atoms with van der Waals surface area (Å²) in [6.07, 6.45) is 2.05. The van der Waals surface area contributed by atoms with Crippen molar-refractivity contribution in [2.45, 2.75) is 24.8 Å². The molecule has 1 atom stereocenters. The van der Waals surface area contributed by atoms with Crippen LogP contribution in [0.3, 0.4) is 0 Å². The van der Waals surface area contributed by atoms with Gasteiger partial charge in [0.05, 0.1) is 11.3 Å². The first-order valence-corrected chi connectivity index (χ1v) is 7.10. The standard InChI is InChI=1S/C17H18N2O/c20-18-19-13-7-12-16(19)17(14-8-3-1-4-9-14)15-10-5-2-6-11-15/h1-6,8-11,16-17H,7,12-13H2/t16-/m0/s1. The Morgan fingerprint density at radius 3 is 2.00 bits per heavy atom. The Morgan fingerprint density at radius 1 is 0.950 bits per heavy atom. The molecule has 3 nitrogen and oxygen atoms in total. The molecule has 0 bridgehead atoms. The van der Waals surface area contributed by atoms with Gasteiger partial charge in [-0.1, -0.05) is 60.7 Å². The summed E-state index contributed by atoms with van der Waals surface area (Å²) in [5, 5.41) is 4.94. The van der Waals surface area contributed by atoms with Crippen LogP contribution in [0.1, 0.15) is 29.9 Å². The molecule has 3 heteroatoms. The Kier molecular flexibility index (Phi) is 3.77. The minimum absolute atomic E-state index is 0.164. The molecule has 0 spiro atoms. The summed E-state index contributed by atoms with van der Waals surface area (Å²) in [7, 11) is 0. The highest BCUT2D eigenvalue weighted by Crippen LogP contribution is 2.36. The molecule has 2 aromatic rings. The van der Waals surface area contributed by atoms with E-state index >= 15 is 0 Å². The number of hydrogen-bond donors (Lipinski definition) is 0. The van der Waals surface area contributed by atoms with Crippen LogP contribution >= 0.6 is 0 Å². The lowest BCUT2D eigenvalue weighted by Gasteiger charge is -2.28. The number of nitroso groups, excluding NO2 is 1. The number of nitrogens with zero attached hydrogens (tertiary/aromatic N) is 2. The van der Waals surface area contributed by atoms with Crippen LogP contribution in [-0.4, -0.2) is 17.6 Å². The zero-order valence-electron chi connectivity index (χ0n) is 11.4. The summed E-state index contributed by atoms with van der Waals surface area (Å²) >= 11 is 0. The molecule has 102 valence electrons. The van der Waals surface area contributed by atoms with Gasteiger partial charge in [-0.05, 0) is 24.0 Å². The summed E-state index contributed by atoms with van der Waals surface area (Å²) in [5.41, 5.74) is 2.50. The van der Waals surface area contributed by atoms with Crippen LogP contribution in [0.25, 0.3) is 0 Å². The first kappa shape index (κ1) is 12.9. The van der Waals surface area contributed by atoms with E-state index in [4.69, 9.17) is 0 Å². The smallest absolute Gasteiger partial charge is 0.0612 e. The highest BCUT2D eigenvalue weighted by atomic mass is 16.3. The Labute approximate surface area is 119 Å². The second-order valence-electron chi connectivity index (χ2n) is 5.25. The van der Waals surface area contributed by atoms with E-state index in [2.05, 4.69) is 53.8 Å². The molecule has 3 rings (SSSR count). The molecule has 0 amide bonds. The summed E-state index contributed by atoms with van der Waals surface area (Å²) in [6, 6.07) is 21.0. The Hall–Kier alpha value is -2.16. The molecule has 1 aliphatic heterocycles. The summed E-state index contributed by atoms with van der Waals surface area (Å²) in [5.74, 6) is 0.206. The number of hydrogen-bond acceptors (Lipinski definition) is 2. The van der Waals surface area contributed by atoms with Gasteiger partial charge in [-0.25, -0.2) is 0 Å². The fourth-order valence-electron chi connectivity index (χ4n) is 3.17. The van der Waals surface area contributed by atoms with Crippen molar-refractivity contribution in [3.05, 3.63) is 76.7 Å². The molecule has 0 radical (unpaired) electrons. The second kappa shape index (κ2) is 5.87. The minimum Gasteiger partial charge on any atom is -0.257 e. The Morgan fingerprint density at radius 2 is 1.50 bits per heavy atom. The number of rotatable bonds is 4. The highest BCUT2D eigenvalue weighted by Gasteiger charge is 2.33. The van der Waals surface area contributed by atoms with Crippen molar-refractivity contribution in [1.82, 2.24) is 5.01 Å². The molecule has 0 aliphatic carbocycles. The van der Waals surface area contributed by atoms with E-state index in [1.165, 1.54) is 11.1 Å². The van der Waals surface area contributed by atoms with Gasteiger partial charge < -0.3 is 0 Å². The lowest BCUT2D eigenvalue weighted by molar-refractivity contribution is 0.243. The average molecular weight is 266 g/mol. The molecule has 0 N–H and O–H groups in total. The third kappa shape index (κ3) is 2.44. The molecule has 0 unspecified atom stereocenters. The average Bonchev–Trinajstić information content (AvgIpc) is 2.98. The topological polar surface area (TPSA) is 32.7 Å². The summed E-state index contributed by atoms with van der Waals surface area (Å²) in [6.45, 7) is 0.768. The van der Waals surface area contributed by atoms with E-state index in [1.54, 1.807) is 5.01 Å². The van der Waals surface area contributed by atoms with Gasteiger partial charge in [0.2, 0.25) is 0 Å². The van der Waals surface area contributed by atoms with Crippen molar-refractivity contribution in [3.8, 4) is 0 Å². The van der Waals surface area contributed by atoms with Crippen LogP contribution in [0.5, 0.6) is 0 Å². The van der Waals surface area contributed by atoms with E-state index in [0.717, 1.165) is 19.4 Å². The van der Waals surface area contributed by atoms with Gasteiger partial charge in [0, 0.05) is 12.5 Å². The fraction of sp³-hybridized carbons (Fsp3) is 0.294. The van der Waals surface area contributed by atoms with Gasteiger partial charge >= 0.3 is 0 Å². The maximum absolute atomic E-state index is 11.1. The third-order valence-corrected chi connectivity index (χ3v) is 4.08. The van der Waals surface area contributed by atoms with Gasteiger partial charge in [-0.15, -0.1) is 4.91 Å².